The van der Waals surface area contributed by atoms with Gasteiger partial charge in [-0.05, 0) is 89.2 Å². The molecule has 2 atom stereocenters. The Morgan fingerprint density at radius 3 is 1.83 bits per heavy atom. The van der Waals surface area contributed by atoms with Crippen LogP contribution in [0, 0.1) is 0 Å². The molecule has 0 spiro atoms. The van der Waals surface area contributed by atoms with E-state index in [0.717, 1.165) is 51.3 Å². The molecule has 4 amide bonds. The lowest BCUT2D eigenvalue weighted by molar-refractivity contribution is -0.120. The molecular formula is C48H51N7O5. The van der Waals surface area contributed by atoms with E-state index in [1.807, 2.05) is 115 Å². The summed E-state index contributed by atoms with van der Waals surface area (Å²) in [6.45, 7) is 3.87. The van der Waals surface area contributed by atoms with E-state index in [2.05, 4.69) is 38.5 Å². The van der Waals surface area contributed by atoms with Gasteiger partial charge in [0.25, 0.3) is 5.91 Å². The summed E-state index contributed by atoms with van der Waals surface area (Å²) in [4.78, 5) is 42.1. The van der Waals surface area contributed by atoms with Gasteiger partial charge in [-0.3, -0.25) is 9.59 Å². The highest BCUT2D eigenvalue weighted by molar-refractivity contribution is 5.94. The predicted octanol–water partition coefficient (Wildman–Crippen LogP) is 6.50. The molecule has 1 aromatic heterocycles. The highest BCUT2D eigenvalue weighted by atomic mass is 16.5. The zero-order valence-electron chi connectivity index (χ0n) is 33.6. The van der Waals surface area contributed by atoms with Crippen LogP contribution in [0.5, 0.6) is 11.5 Å². The molecule has 0 aliphatic carbocycles. The quantitative estimate of drug-likeness (QED) is 0.0485. The average Bonchev–Trinajstić information content (AvgIpc) is 3.27. The van der Waals surface area contributed by atoms with Gasteiger partial charge in [0.15, 0.2) is 0 Å². The summed E-state index contributed by atoms with van der Waals surface area (Å²) < 4.78 is 5.82. The fourth-order valence-corrected chi connectivity index (χ4v) is 6.35. The second-order valence-corrected chi connectivity index (χ2v) is 14.6. The number of nitrogen functional groups attached to an aromatic ring is 1. The fraction of sp³-hybridized carbons (Fsp3) is 0.208. The zero-order valence-corrected chi connectivity index (χ0v) is 33.6. The topological polar surface area (TPSA) is 180 Å². The number of ether oxygens (including phenoxy) is 1. The lowest BCUT2D eigenvalue weighted by Crippen LogP contribution is -2.34. The second-order valence-electron chi connectivity index (χ2n) is 14.6. The molecule has 308 valence electrons. The van der Waals surface area contributed by atoms with Crippen LogP contribution in [0.2, 0.25) is 0 Å². The molecule has 12 heteroatoms. The minimum atomic E-state index is -0.693. The number of amides is 4. The average molecular weight is 806 g/mol. The molecule has 60 heavy (non-hydrogen) atoms. The molecule has 6 aromatic rings. The summed E-state index contributed by atoms with van der Waals surface area (Å²) >= 11 is 0. The first-order chi connectivity index (χ1) is 29.1. The summed E-state index contributed by atoms with van der Waals surface area (Å²) in [5, 5.41) is 25.5. The number of anilines is 1. The van der Waals surface area contributed by atoms with Crippen molar-refractivity contribution in [3.05, 3.63) is 190 Å². The van der Waals surface area contributed by atoms with Crippen molar-refractivity contribution in [2.24, 2.45) is 0 Å². The van der Waals surface area contributed by atoms with Crippen molar-refractivity contribution in [2.45, 2.75) is 58.1 Å². The molecule has 0 aliphatic heterocycles. The van der Waals surface area contributed by atoms with Crippen LogP contribution >= 0.6 is 0 Å². The van der Waals surface area contributed by atoms with Gasteiger partial charge in [-0.15, -0.1) is 0 Å². The van der Waals surface area contributed by atoms with E-state index in [1.165, 1.54) is 0 Å². The molecule has 0 aliphatic rings. The number of aliphatic hydroxyl groups excluding tert-OH is 1. The van der Waals surface area contributed by atoms with E-state index in [-0.39, 0.29) is 30.3 Å². The highest BCUT2D eigenvalue weighted by Gasteiger charge is 2.12. The van der Waals surface area contributed by atoms with Crippen molar-refractivity contribution in [2.75, 3.05) is 12.3 Å². The maximum Gasteiger partial charge on any atom is 0.315 e. The molecule has 8 N–H and O–H groups in total. The maximum absolute atomic E-state index is 12.9. The van der Waals surface area contributed by atoms with Crippen molar-refractivity contribution < 1.29 is 24.2 Å². The number of nitrogens with two attached hydrogens (primary N) is 1. The van der Waals surface area contributed by atoms with Gasteiger partial charge < -0.3 is 42.2 Å². The van der Waals surface area contributed by atoms with Gasteiger partial charge in [-0.1, -0.05) is 97.1 Å². The summed E-state index contributed by atoms with van der Waals surface area (Å²) in [6.07, 6.45) is 1.87. The number of urea groups is 1. The first kappa shape index (κ1) is 42.6. The van der Waals surface area contributed by atoms with Crippen molar-refractivity contribution in [3.63, 3.8) is 0 Å². The molecule has 0 bridgehead atoms. The van der Waals surface area contributed by atoms with Crippen LogP contribution in [0.25, 0.3) is 0 Å². The zero-order chi connectivity index (χ0) is 42.1. The van der Waals surface area contributed by atoms with E-state index < -0.39 is 6.10 Å². The highest BCUT2D eigenvalue weighted by Crippen LogP contribution is 2.21. The van der Waals surface area contributed by atoms with E-state index in [4.69, 9.17) is 10.5 Å². The number of nitrogens with zero attached hydrogens (tertiary/aromatic N) is 1. The Kier molecular flexibility index (Phi) is 15.4. The maximum atomic E-state index is 12.9. The van der Waals surface area contributed by atoms with Gasteiger partial charge >= 0.3 is 6.03 Å². The number of hydrogen-bond acceptors (Lipinski definition) is 8. The Labute approximate surface area is 350 Å². The Bertz CT molecular complexity index is 2290. The first-order valence-electron chi connectivity index (χ1n) is 19.9. The molecule has 1 heterocycles. The lowest BCUT2D eigenvalue weighted by Gasteiger charge is -2.18. The van der Waals surface area contributed by atoms with Gasteiger partial charge in [0.1, 0.15) is 17.3 Å². The molecule has 0 saturated carbocycles. The molecule has 0 radical (unpaired) electrons. The third kappa shape index (κ3) is 13.8. The summed E-state index contributed by atoms with van der Waals surface area (Å²) in [7, 11) is 0. The number of nitrogens with one attached hydrogen (secondary N) is 5. The van der Waals surface area contributed by atoms with Gasteiger partial charge in [-0.25, -0.2) is 9.78 Å². The van der Waals surface area contributed by atoms with E-state index in [9.17, 15) is 19.5 Å². The number of carbonyl (C=O) groups is 3. The Morgan fingerprint density at radius 2 is 1.20 bits per heavy atom. The van der Waals surface area contributed by atoms with E-state index >= 15 is 0 Å². The summed E-state index contributed by atoms with van der Waals surface area (Å²) in [5.41, 5.74) is 12.6. The van der Waals surface area contributed by atoms with Crippen molar-refractivity contribution in [1.82, 2.24) is 31.6 Å². The van der Waals surface area contributed by atoms with Crippen LogP contribution < -0.4 is 37.1 Å². The van der Waals surface area contributed by atoms with Gasteiger partial charge in [-0.2, -0.15) is 0 Å². The monoisotopic (exact) mass is 805 g/mol. The molecular weight excluding hydrogens is 755 g/mol. The molecule has 0 unspecified atom stereocenters. The summed E-state index contributed by atoms with van der Waals surface area (Å²) in [6, 6.07) is 43.2. The number of para-hydroxylation sites is 1. The van der Waals surface area contributed by atoms with Crippen LogP contribution in [0.3, 0.4) is 0 Å². The van der Waals surface area contributed by atoms with Gasteiger partial charge in [0.05, 0.1) is 12.5 Å². The van der Waals surface area contributed by atoms with Gasteiger partial charge in [0.2, 0.25) is 5.91 Å². The van der Waals surface area contributed by atoms with E-state index in [0.29, 0.717) is 49.7 Å². The van der Waals surface area contributed by atoms with Crippen LogP contribution in [0.4, 0.5) is 10.6 Å². The largest absolute Gasteiger partial charge is 0.457 e. The second kappa shape index (κ2) is 21.7. The fourth-order valence-electron chi connectivity index (χ4n) is 6.35. The molecule has 0 saturated heterocycles. The lowest BCUT2D eigenvalue weighted by atomic mass is 10.0. The standard InChI is InChI=1S/C48H51N7O5/c1-33(50-32-44(56)41-20-23-45(49)51-31-41)24-38-6-5-7-39(25-38)26-46(57)52-27-36-14-18-40(19-15-36)47(58)53-28-34-10-12-35(13-11-34)29-54-48(59)55-30-37-16-21-43(22-17-37)60-42-8-3-2-4-9-42/h2-23,25,31,33,44,50,56H,24,26-30,32H2,1H3,(H2,49,51)(H,52,57)(H,53,58)(H2,54,55,59)/t33-,44+/m1/s1. The minimum absolute atomic E-state index is 0.0989. The van der Waals surface area contributed by atoms with E-state index in [1.54, 1.807) is 30.5 Å². The van der Waals surface area contributed by atoms with Crippen LogP contribution in [0.1, 0.15) is 62.3 Å². The predicted molar refractivity (Wildman–Crippen MR) is 233 cm³/mol. The van der Waals surface area contributed by atoms with Crippen LogP contribution in [-0.4, -0.2) is 40.5 Å². The summed E-state index contributed by atoms with van der Waals surface area (Å²) in [5.74, 6) is 1.60. The number of hydrogen-bond donors (Lipinski definition) is 7. The number of carbonyl (C=O) groups excluding carboxylic acids is 3. The molecule has 5 aromatic carbocycles. The number of benzene rings is 5. The molecule has 6 rings (SSSR count). The van der Waals surface area contributed by atoms with Crippen molar-refractivity contribution in [1.29, 1.82) is 0 Å². The number of aromatic nitrogens is 1. The third-order valence-electron chi connectivity index (χ3n) is 9.74. The SMILES string of the molecule is C[C@H](Cc1cccc(CC(=O)NCc2ccc(C(=O)NCc3ccc(CNC(=O)NCc4ccc(Oc5ccccc5)cc4)cc3)cc2)c1)NC[C@H](O)c1ccc(N)nc1. The minimum Gasteiger partial charge on any atom is -0.457 e. The normalized spacial score (nSPS) is 11.8. The number of pyridine rings is 1. The van der Waals surface area contributed by atoms with Gasteiger partial charge in [0, 0.05) is 56.1 Å². The first-order valence-corrected chi connectivity index (χ1v) is 19.9. The van der Waals surface area contributed by atoms with Crippen molar-refractivity contribution >= 4 is 23.7 Å². The molecule has 12 nitrogen and oxygen atoms in total. The van der Waals surface area contributed by atoms with Crippen LogP contribution in [0.15, 0.2) is 146 Å². The smallest absolute Gasteiger partial charge is 0.315 e. The Balaban J connectivity index is 0.850. The Hall–Kier alpha value is -7.02. The van der Waals surface area contributed by atoms with Crippen LogP contribution in [-0.2, 0) is 43.8 Å². The van der Waals surface area contributed by atoms with Crippen molar-refractivity contribution in [3.8, 4) is 11.5 Å². The number of aliphatic hydroxyl groups is 1. The Morgan fingerprint density at radius 1 is 0.633 bits per heavy atom. The number of rotatable bonds is 19. The molecule has 0 fully saturated rings. The third-order valence-corrected chi connectivity index (χ3v) is 9.74.